The SMILES string of the molecule is O=C(Cc1ccc(I)cc1)N1CCC[C@H]1CO. The Labute approximate surface area is 115 Å². The summed E-state index contributed by atoms with van der Waals surface area (Å²) < 4.78 is 1.17. The molecule has 0 aromatic heterocycles. The second kappa shape index (κ2) is 5.82. The van der Waals surface area contributed by atoms with E-state index < -0.39 is 0 Å². The van der Waals surface area contributed by atoms with Crippen LogP contribution in [0.4, 0.5) is 0 Å². The van der Waals surface area contributed by atoms with Crippen molar-refractivity contribution in [1.29, 1.82) is 0 Å². The molecular weight excluding hydrogens is 329 g/mol. The Balaban J connectivity index is 1.99. The van der Waals surface area contributed by atoms with E-state index in [9.17, 15) is 9.90 Å². The summed E-state index contributed by atoms with van der Waals surface area (Å²) in [6.07, 6.45) is 2.37. The van der Waals surface area contributed by atoms with Crippen LogP contribution >= 0.6 is 22.6 Å². The maximum absolute atomic E-state index is 12.1. The van der Waals surface area contributed by atoms with Crippen LogP contribution in [-0.2, 0) is 11.2 Å². The molecule has 1 heterocycles. The molecule has 1 amide bonds. The largest absolute Gasteiger partial charge is 0.394 e. The summed E-state index contributed by atoms with van der Waals surface area (Å²) in [5.74, 6) is 0.128. The van der Waals surface area contributed by atoms with Crippen molar-refractivity contribution in [3.05, 3.63) is 33.4 Å². The van der Waals surface area contributed by atoms with Crippen LogP contribution in [0.1, 0.15) is 18.4 Å². The van der Waals surface area contributed by atoms with Gasteiger partial charge in [-0.05, 0) is 53.1 Å². The molecule has 1 aromatic carbocycles. The Morgan fingerprint density at radius 3 is 2.76 bits per heavy atom. The van der Waals surface area contributed by atoms with Gasteiger partial charge in [0.2, 0.25) is 5.91 Å². The summed E-state index contributed by atoms with van der Waals surface area (Å²) in [5.41, 5.74) is 1.04. The van der Waals surface area contributed by atoms with Crippen LogP contribution in [0.5, 0.6) is 0 Å². The number of likely N-dealkylation sites (tertiary alicyclic amines) is 1. The first-order chi connectivity index (χ1) is 8.20. The van der Waals surface area contributed by atoms with E-state index in [4.69, 9.17) is 0 Å². The van der Waals surface area contributed by atoms with E-state index in [0.29, 0.717) is 6.42 Å². The number of amides is 1. The van der Waals surface area contributed by atoms with Crippen LogP contribution < -0.4 is 0 Å². The minimum atomic E-state index is 0.0337. The number of hydrogen-bond acceptors (Lipinski definition) is 2. The van der Waals surface area contributed by atoms with Crippen molar-refractivity contribution in [2.24, 2.45) is 0 Å². The highest BCUT2D eigenvalue weighted by atomic mass is 127. The van der Waals surface area contributed by atoms with Crippen molar-refractivity contribution >= 4 is 28.5 Å². The highest BCUT2D eigenvalue weighted by Gasteiger charge is 2.27. The van der Waals surface area contributed by atoms with Gasteiger partial charge in [-0.2, -0.15) is 0 Å². The van der Waals surface area contributed by atoms with Gasteiger partial charge < -0.3 is 10.0 Å². The van der Waals surface area contributed by atoms with E-state index in [2.05, 4.69) is 22.6 Å². The van der Waals surface area contributed by atoms with Crippen molar-refractivity contribution in [3.63, 3.8) is 0 Å². The van der Waals surface area contributed by atoms with Gasteiger partial charge in [0.05, 0.1) is 19.1 Å². The van der Waals surface area contributed by atoms with Gasteiger partial charge in [-0.15, -0.1) is 0 Å². The van der Waals surface area contributed by atoms with Gasteiger partial charge in [-0.3, -0.25) is 4.79 Å². The van der Waals surface area contributed by atoms with Crippen molar-refractivity contribution in [3.8, 4) is 0 Å². The molecule has 0 saturated carbocycles. The van der Waals surface area contributed by atoms with Crippen LogP contribution in [0.2, 0.25) is 0 Å². The summed E-state index contributed by atoms with van der Waals surface area (Å²) in [6.45, 7) is 0.868. The van der Waals surface area contributed by atoms with E-state index in [0.717, 1.165) is 24.9 Å². The van der Waals surface area contributed by atoms with E-state index >= 15 is 0 Å². The number of carbonyl (C=O) groups is 1. The van der Waals surface area contributed by atoms with Crippen molar-refractivity contribution in [2.75, 3.05) is 13.2 Å². The molecule has 17 heavy (non-hydrogen) atoms. The number of halogens is 1. The number of nitrogens with zero attached hydrogens (tertiary/aromatic N) is 1. The van der Waals surface area contributed by atoms with Crippen LogP contribution in [0.3, 0.4) is 0 Å². The van der Waals surface area contributed by atoms with Crippen molar-refractivity contribution < 1.29 is 9.90 Å². The smallest absolute Gasteiger partial charge is 0.227 e. The van der Waals surface area contributed by atoms with Gasteiger partial charge in [0.15, 0.2) is 0 Å². The summed E-state index contributed by atoms with van der Waals surface area (Å²) in [6, 6.07) is 8.03. The Bertz CT molecular complexity index is 391. The average molecular weight is 345 g/mol. The highest BCUT2D eigenvalue weighted by Crippen LogP contribution is 2.18. The standard InChI is InChI=1S/C13H16INO2/c14-11-5-3-10(4-6-11)8-13(17)15-7-1-2-12(15)9-16/h3-6,12,16H,1-2,7-9H2/t12-/m0/s1. The van der Waals surface area contributed by atoms with Crippen LogP contribution in [0.25, 0.3) is 0 Å². The number of hydrogen-bond donors (Lipinski definition) is 1. The molecule has 92 valence electrons. The third-order valence-corrected chi connectivity index (χ3v) is 3.90. The molecule has 0 radical (unpaired) electrons. The third kappa shape index (κ3) is 3.19. The summed E-state index contributed by atoms with van der Waals surface area (Å²) in [5, 5.41) is 9.19. The molecule has 0 aliphatic carbocycles. The number of benzene rings is 1. The molecule has 1 aliphatic rings. The molecule has 1 N–H and O–H groups in total. The fourth-order valence-electron chi connectivity index (χ4n) is 2.23. The highest BCUT2D eigenvalue weighted by molar-refractivity contribution is 14.1. The second-order valence-electron chi connectivity index (χ2n) is 4.37. The van der Waals surface area contributed by atoms with E-state index in [1.165, 1.54) is 3.57 Å². The van der Waals surface area contributed by atoms with Gasteiger partial charge in [0.1, 0.15) is 0 Å². The Hall–Kier alpha value is -0.620. The fraction of sp³-hybridized carbons (Fsp3) is 0.462. The minimum absolute atomic E-state index is 0.0337. The van der Waals surface area contributed by atoms with Crippen LogP contribution in [0.15, 0.2) is 24.3 Å². The summed E-state index contributed by atoms with van der Waals surface area (Å²) in [7, 11) is 0. The Morgan fingerprint density at radius 2 is 2.12 bits per heavy atom. The lowest BCUT2D eigenvalue weighted by Gasteiger charge is -2.23. The Kier molecular flexibility index (Phi) is 4.39. The molecule has 1 atom stereocenters. The average Bonchev–Trinajstić information content (AvgIpc) is 2.80. The Morgan fingerprint density at radius 1 is 1.41 bits per heavy atom. The maximum atomic E-state index is 12.1. The molecule has 2 rings (SSSR count). The third-order valence-electron chi connectivity index (χ3n) is 3.18. The molecule has 1 saturated heterocycles. The molecule has 0 unspecified atom stereocenters. The monoisotopic (exact) mass is 345 g/mol. The van der Waals surface area contributed by atoms with Gasteiger partial charge >= 0.3 is 0 Å². The zero-order valence-electron chi connectivity index (χ0n) is 9.60. The first kappa shape index (κ1) is 12.8. The van der Waals surface area contributed by atoms with Crippen LogP contribution in [0, 0.1) is 3.57 Å². The second-order valence-corrected chi connectivity index (χ2v) is 5.61. The van der Waals surface area contributed by atoms with Crippen LogP contribution in [-0.4, -0.2) is 35.1 Å². The molecular formula is C13H16INO2. The zero-order chi connectivity index (χ0) is 12.3. The van der Waals surface area contributed by atoms with Crippen molar-refractivity contribution in [1.82, 2.24) is 4.90 Å². The molecule has 0 spiro atoms. The topological polar surface area (TPSA) is 40.5 Å². The molecule has 1 aliphatic heterocycles. The van der Waals surface area contributed by atoms with Crippen molar-refractivity contribution in [2.45, 2.75) is 25.3 Å². The first-order valence-electron chi connectivity index (χ1n) is 5.85. The molecule has 1 aromatic rings. The first-order valence-corrected chi connectivity index (χ1v) is 6.93. The van der Waals surface area contributed by atoms with Gasteiger partial charge in [-0.1, -0.05) is 12.1 Å². The molecule has 0 bridgehead atoms. The maximum Gasteiger partial charge on any atom is 0.227 e. The van der Waals surface area contributed by atoms with E-state index in [-0.39, 0.29) is 18.6 Å². The molecule has 1 fully saturated rings. The van der Waals surface area contributed by atoms with Gasteiger partial charge in [0, 0.05) is 10.1 Å². The molecule has 3 nitrogen and oxygen atoms in total. The normalized spacial score (nSPS) is 19.6. The lowest BCUT2D eigenvalue weighted by atomic mass is 10.1. The minimum Gasteiger partial charge on any atom is -0.394 e. The number of carbonyl (C=O) groups excluding carboxylic acids is 1. The van der Waals surface area contributed by atoms with E-state index in [1.54, 1.807) is 0 Å². The van der Waals surface area contributed by atoms with Gasteiger partial charge in [-0.25, -0.2) is 0 Å². The number of rotatable bonds is 3. The van der Waals surface area contributed by atoms with E-state index in [1.807, 2.05) is 29.2 Å². The van der Waals surface area contributed by atoms with Gasteiger partial charge in [0.25, 0.3) is 0 Å². The quantitative estimate of drug-likeness (QED) is 0.849. The lowest BCUT2D eigenvalue weighted by molar-refractivity contribution is -0.131. The lowest BCUT2D eigenvalue weighted by Crippen LogP contribution is -2.38. The number of aliphatic hydroxyl groups is 1. The number of aliphatic hydroxyl groups excluding tert-OH is 1. The zero-order valence-corrected chi connectivity index (χ0v) is 11.8. The molecule has 4 heteroatoms. The predicted molar refractivity (Wildman–Crippen MR) is 74.7 cm³/mol. The summed E-state index contributed by atoms with van der Waals surface area (Å²) in [4.78, 5) is 13.9. The summed E-state index contributed by atoms with van der Waals surface area (Å²) >= 11 is 2.25. The predicted octanol–water partition coefficient (Wildman–Crippen LogP) is 1.82. The fourth-order valence-corrected chi connectivity index (χ4v) is 2.59.